The van der Waals surface area contributed by atoms with Gasteiger partial charge in [0.1, 0.15) is 0 Å². The van der Waals surface area contributed by atoms with Crippen LogP contribution in [0.15, 0.2) is 0 Å². The van der Waals surface area contributed by atoms with Crippen molar-refractivity contribution < 1.29 is 8.78 Å². The minimum Gasteiger partial charge on any atom is -0.303 e. The van der Waals surface area contributed by atoms with Gasteiger partial charge in [-0.2, -0.15) is 0 Å². The molecule has 1 saturated carbocycles. The molecule has 1 aliphatic heterocycles. The van der Waals surface area contributed by atoms with Gasteiger partial charge in [-0.3, -0.25) is 0 Å². The first-order chi connectivity index (χ1) is 7.46. The Morgan fingerprint density at radius 1 is 1.19 bits per heavy atom. The summed E-state index contributed by atoms with van der Waals surface area (Å²) in [5, 5.41) is 0. The Kier molecular flexibility index (Phi) is 3.53. The fourth-order valence-electron chi connectivity index (χ4n) is 3.08. The lowest BCUT2D eigenvalue weighted by Crippen LogP contribution is -2.45. The van der Waals surface area contributed by atoms with E-state index in [1.807, 2.05) is 0 Å². The van der Waals surface area contributed by atoms with Crippen LogP contribution in [0.5, 0.6) is 0 Å². The van der Waals surface area contributed by atoms with Crippen LogP contribution >= 0.6 is 0 Å². The van der Waals surface area contributed by atoms with Gasteiger partial charge in [0.05, 0.1) is 0 Å². The number of alkyl halides is 2. The number of piperidine rings is 1. The van der Waals surface area contributed by atoms with Gasteiger partial charge >= 0.3 is 0 Å². The largest absolute Gasteiger partial charge is 0.303 e. The van der Waals surface area contributed by atoms with Gasteiger partial charge in [0.25, 0.3) is 0 Å². The zero-order valence-corrected chi connectivity index (χ0v) is 10.4. The molecule has 0 aromatic heterocycles. The Hall–Kier alpha value is -0.180. The first kappa shape index (κ1) is 12.3. The standard InChI is InChI=1S/C13H23F2N/c1-10(2)12-3-5-16(6-4-12)9-11-7-13(14,15)8-11/h10-12H,3-9H2,1-2H3. The molecule has 94 valence electrons. The molecule has 0 amide bonds. The van der Waals surface area contributed by atoms with Gasteiger partial charge in [0.2, 0.25) is 5.92 Å². The molecule has 0 radical (unpaired) electrons. The molecule has 3 heteroatoms. The fourth-order valence-corrected chi connectivity index (χ4v) is 3.08. The van der Waals surface area contributed by atoms with Gasteiger partial charge in [0, 0.05) is 19.4 Å². The molecule has 0 N–H and O–H groups in total. The Balaban J connectivity index is 1.67. The summed E-state index contributed by atoms with van der Waals surface area (Å²) in [4.78, 5) is 2.39. The summed E-state index contributed by atoms with van der Waals surface area (Å²) in [6.45, 7) is 7.70. The highest BCUT2D eigenvalue weighted by atomic mass is 19.3. The van der Waals surface area contributed by atoms with Crippen LogP contribution in [-0.2, 0) is 0 Å². The topological polar surface area (TPSA) is 3.24 Å². The van der Waals surface area contributed by atoms with Crippen molar-refractivity contribution in [2.45, 2.75) is 45.5 Å². The average molecular weight is 231 g/mol. The molecule has 2 fully saturated rings. The maximum absolute atomic E-state index is 12.7. The molecule has 1 saturated heterocycles. The van der Waals surface area contributed by atoms with Crippen molar-refractivity contribution in [2.75, 3.05) is 19.6 Å². The van der Waals surface area contributed by atoms with Crippen molar-refractivity contribution in [1.29, 1.82) is 0 Å². The number of likely N-dealkylation sites (tertiary alicyclic amines) is 1. The van der Waals surface area contributed by atoms with Crippen LogP contribution in [0.25, 0.3) is 0 Å². The van der Waals surface area contributed by atoms with Gasteiger partial charge in [0.15, 0.2) is 0 Å². The van der Waals surface area contributed by atoms with Crippen LogP contribution in [0.3, 0.4) is 0 Å². The molecule has 1 heterocycles. The highest BCUT2D eigenvalue weighted by molar-refractivity contribution is 4.88. The zero-order chi connectivity index (χ0) is 11.8. The van der Waals surface area contributed by atoms with E-state index in [0.29, 0.717) is 0 Å². The summed E-state index contributed by atoms with van der Waals surface area (Å²) in [5.41, 5.74) is 0. The second-order valence-electron chi connectivity index (χ2n) is 6.01. The van der Waals surface area contributed by atoms with E-state index >= 15 is 0 Å². The molecule has 0 aromatic rings. The van der Waals surface area contributed by atoms with Gasteiger partial charge in [-0.1, -0.05) is 13.8 Å². The number of hydrogen-bond acceptors (Lipinski definition) is 1. The third kappa shape index (κ3) is 2.93. The van der Waals surface area contributed by atoms with Crippen molar-refractivity contribution in [2.24, 2.45) is 17.8 Å². The van der Waals surface area contributed by atoms with E-state index in [2.05, 4.69) is 18.7 Å². The number of halogens is 2. The van der Waals surface area contributed by atoms with Gasteiger partial charge < -0.3 is 4.90 Å². The number of nitrogens with zero attached hydrogens (tertiary/aromatic N) is 1. The predicted molar refractivity (Wildman–Crippen MR) is 61.7 cm³/mol. The van der Waals surface area contributed by atoms with Gasteiger partial charge in [-0.25, -0.2) is 8.78 Å². The first-order valence-electron chi connectivity index (χ1n) is 6.56. The predicted octanol–water partition coefficient (Wildman–Crippen LogP) is 3.40. The highest BCUT2D eigenvalue weighted by Gasteiger charge is 2.45. The fraction of sp³-hybridized carbons (Fsp3) is 1.00. The summed E-state index contributed by atoms with van der Waals surface area (Å²) in [6.07, 6.45) is 2.75. The second-order valence-corrected chi connectivity index (χ2v) is 6.01. The maximum Gasteiger partial charge on any atom is 0.248 e. The van der Waals surface area contributed by atoms with Crippen molar-refractivity contribution in [3.05, 3.63) is 0 Å². The lowest BCUT2D eigenvalue weighted by Gasteiger charge is -2.41. The Bertz CT molecular complexity index is 224. The third-order valence-corrected chi connectivity index (χ3v) is 4.27. The summed E-state index contributed by atoms with van der Waals surface area (Å²) in [5.74, 6) is -0.471. The molecular formula is C13H23F2N. The molecule has 2 aliphatic rings. The SMILES string of the molecule is CC(C)C1CCN(CC2CC(F)(F)C2)CC1. The smallest absolute Gasteiger partial charge is 0.248 e. The van der Waals surface area contributed by atoms with Crippen molar-refractivity contribution >= 4 is 0 Å². The lowest BCUT2D eigenvalue weighted by atomic mass is 9.80. The van der Waals surface area contributed by atoms with Crippen LogP contribution in [0, 0.1) is 17.8 Å². The van der Waals surface area contributed by atoms with Crippen LogP contribution < -0.4 is 0 Å². The molecule has 0 unspecified atom stereocenters. The van der Waals surface area contributed by atoms with E-state index in [4.69, 9.17) is 0 Å². The highest BCUT2D eigenvalue weighted by Crippen LogP contribution is 2.43. The van der Waals surface area contributed by atoms with Crippen LogP contribution in [0.4, 0.5) is 8.78 Å². The number of hydrogen-bond donors (Lipinski definition) is 0. The Morgan fingerprint density at radius 3 is 2.19 bits per heavy atom. The molecule has 0 atom stereocenters. The molecule has 1 aliphatic carbocycles. The summed E-state index contributed by atoms with van der Waals surface area (Å²) >= 11 is 0. The van der Waals surface area contributed by atoms with Crippen molar-refractivity contribution in [3.8, 4) is 0 Å². The minimum absolute atomic E-state index is 0.122. The molecule has 2 rings (SSSR count). The molecule has 0 aromatic carbocycles. The molecule has 1 nitrogen and oxygen atoms in total. The van der Waals surface area contributed by atoms with Gasteiger partial charge in [-0.05, 0) is 43.7 Å². The van der Waals surface area contributed by atoms with E-state index in [0.717, 1.165) is 31.5 Å². The Morgan fingerprint density at radius 2 is 1.75 bits per heavy atom. The lowest BCUT2D eigenvalue weighted by molar-refractivity contribution is -0.117. The molecule has 0 bridgehead atoms. The van der Waals surface area contributed by atoms with E-state index < -0.39 is 5.92 Å². The van der Waals surface area contributed by atoms with Gasteiger partial charge in [-0.15, -0.1) is 0 Å². The third-order valence-electron chi connectivity index (χ3n) is 4.27. The van der Waals surface area contributed by atoms with Crippen molar-refractivity contribution in [3.63, 3.8) is 0 Å². The summed E-state index contributed by atoms with van der Waals surface area (Å²) < 4.78 is 25.4. The first-order valence-corrected chi connectivity index (χ1v) is 6.56. The Labute approximate surface area is 97.2 Å². The van der Waals surface area contributed by atoms with E-state index in [1.54, 1.807) is 0 Å². The zero-order valence-electron chi connectivity index (χ0n) is 10.4. The molecule has 16 heavy (non-hydrogen) atoms. The maximum atomic E-state index is 12.7. The minimum atomic E-state index is -2.35. The molecular weight excluding hydrogens is 208 g/mol. The van der Waals surface area contributed by atoms with E-state index in [1.165, 1.54) is 12.8 Å². The molecule has 0 spiro atoms. The summed E-state index contributed by atoms with van der Waals surface area (Å²) in [6, 6.07) is 0. The van der Waals surface area contributed by atoms with Crippen LogP contribution in [0.1, 0.15) is 39.5 Å². The van der Waals surface area contributed by atoms with E-state index in [-0.39, 0.29) is 18.8 Å². The number of rotatable bonds is 3. The van der Waals surface area contributed by atoms with Crippen LogP contribution in [-0.4, -0.2) is 30.5 Å². The van der Waals surface area contributed by atoms with Crippen molar-refractivity contribution in [1.82, 2.24) is 4.90 Å². The van der Waals surface area contributed by atoms with E-state index in [9.17, 15) is 8.78 Å². The van der Waals surface area contributed by atoms with Crippen LogP contribution in [0.2, 0.25) is 0 Å². The quantitative estimate of drug-likeness (QED) is 0.719. The summed E-state index contributed by atoms with van der Waals surface area (Å²) in [7, 11) is 0. The normalized spacial score (nSPS) is 28.3. The monoisotopic (exact) mass is 231 g/mol. The average Bonchev–Trinajstić information content (AvgIpc) is 2.15. The second kappa shape index (κ2) is 4.59.